The standard InChI is InChI=1S/C10H11ClN4/c11-9-8-6-14-10(7-1-2-12-5-7)15(8)4-3-13-9/h3-4,6-7,12H,1-2,5H2/t7-/m1/s1. The summed E-state index contributed by atoms with van der Waals surface area (Å²) in [6.07, 6.45) is 6.56. The molecule has 3 rings (SSSR count). The van der Waals surface area contributed by atoms with Gasteiger partial charge in [-0.1, -0.05) is 11.6 Å². The minimum absolute atomic E-state index is 0.492. The van der Waals surface area contributed by atoms with Gasteiger partial charge in [0.1, 0.15) is 11.3 Å². The molecule has 0 bridgehead atoms. The first kappa shape index (κ1) is 9.12. The lowest BCUT2D eigenvalue weighted by Gasteiger charge is -2.06. The van der Waals surface area contributed by atoms with Crippen molar-refractivity contribution in [1.29, 1.82) is 0 Å². The molecule has 1 fully saturated rings. The second-order valence-corrected chi connectivity index (χ2v) is 4.14. The summed E-state index contributed by atoms with van der Waals surface area (Å²) in [5.74, 6) is 1.57. The lowest BCUT2D eigenvalue weighted by atomic mass is 10.1. The molecule has 15 heavy (non-hydrogen) atoms. The maximum atomic E-state index is 5.99. The number of nitrogens with zero attached hydrogens (tertiary/aromatic N) is 3. The van der Waals surface area contributed by atoms with Crippen LogP contribution in [0.3, 0.4) is 0 Å². The number of halogens is 1. The van der Waals surface area contributed by atoms with Gasteiger partial charge in [0.05, 0.1) is 6.20 Å². The second kappa shape index (κ2) is 3.47. The van der Waals surface area contributed by atoms with E-state index >= 15 is 0 Å². The van der Waals surface area contributed by atoms with Crippen LogP contribution in [0.2, 0.25) is 5.15 Å². The van der Waals surface area contributed by atoms with E-state index in [1.54, 1.807) is 12.4 Å². The van der Waals surface area contributed by atoms with Gasteiger partial charge in [-0.15, -0.1) is 0 Å². The van der Waals surface area contributed by atoms with E-state index in [2.05, 4.69) is 15.3 Å². The lowest BCUT2D eigenvalue weighted by molar-refractivity contribution is 0.698. The summed E-state index contributed by atoms with van der Waals surface area (Å²) in [6.45, 7) is 2.07. The van der Waals surface area contributed by atoms with Gasteiger partial charge in [0.2, 0.25) is 0 Å². The van der Waals surface area contributed by atoms with Crippen molar-refractivity contribution in [3.63, 3.8) is 0 Å². The van der Waals surface area contributed by atoms with Crippen molar-refractivity contribution >= 4 is 17.1 Å². The molecule has 1 N–H and O–H groups in total. The number of hydrogen-bond donors (Lipinski definition) is 1. The second-order valence-electron chi connectivity index (χ2n) is 3.78. The van der Waals surface area contributed by atoms with Crippen molar-refractivity contribution in [2.45, 2.75) is 12.3 Å². The number of hydrogen-bond acceptors (Lipinski definition) is 3. The van der Waals surface area contributed by atoms with Gasteiger partial charge in [-0.3, -0.25) is 4.40 Å². The Labute approximate surface area is 92.3 Å². The third-order valence-electron chi connectivity index (χ3n) is 2.87. The van der Waals surface area contributed by atoms with Gasteiger partial charge in [-0.05, 0) is 13.0 Å². The normalized spacial score (nSPS) is 21.3. The molecular formula is C10H11ClN4. The van der Waals surface area contributed by atoms with Crippen LogP contribution >= 0.6 is 11.6 Å². The molecule has 2 aromatic rings. The van der Waals surface area contributed by atoms with Crippen LogP contribution in [-0.2, 0) is 0 Å². The summed E-state index contributed by atoms with van der Waals surface area (Å²) in [5, 5.41) is 3.85. The first-order valence-electron chi connectivity index (χ1n) is 5.04. The molecule has 1 atom stereocenters. The molecule has 1 aliphatic rings. The fourth-order valence-corrected chi connectivity index (χ4v) is 2.29. The molecule has 0 saturated carbocycles. The Morgan fingerprint density at radius 2 is 2.40 bits per heavy atom. The van der Waals surface area contributed by atoms with Crippen LogP contribution in [-0.4, -0.2) is 27.5 Å². The highest BCUT2D eigenvalue weighted by molar-refractivity contribution is 6.32. The van der Waals surface area contributed by atoms with Crippen LogP contribution < -0.4 is 5.32 Å². The van der Waals surface area contributed by atoms with E-state index in [1.807, 2.05) is 10.6 Å². The summed E-state index contributed by atoms with van der Waals surface area (Å²) in [5.41, 5.74) is 0.890. The topological polar surface area (TPSA) is 42.2 Å². The smallest absolute Gasteiger partial charge is 0.154 e. The molecule has 2 aromatic heterocycles. The molecule has 0 radical (unpaired) electrons. The Morgan fingerprint density at radius 3 is 3.20 bits per heavy atom. The Morgan fingerprint density at radius 1 is 1.47 bits per heavy atom. The first-order valence-corrected chi connectivity index (χ1v) is 5.42. The number of aromatic nitrogens is 3. The molecule has 1 saturated heterocycles. The highest BCUT2D eigenvalue weighted by atomic mass is 35.5. The monoisotopic (exact) mass is 222 g/mol. The number of nitrogens with one attached hydrogen (secondary N) is 1. The highest BCUT2D eigenvalue weighted by Crippen LogP contribution is 2.24. The van der Waals surface area contributed by atoms with Crippen molar-refractivity contribution in [2.75, 3.05) is 13.1 Å². The molecular weight excluding hydrogens is 212 g/mol. The van der Waals surface area contributed by atoms with Gasteiger partial charge < -0.3 is 5.32 Å². The molecule has 0 aromatic carbocycles. The maximum Gasteiger partial charge on any atom is 0.154 e. The molecule has 0 spiro atoms. The predicted octanol–water partition coefficient (Wildman–Crippen LogP) is 1.46. The van der Waals surface area contributed by atoms with Crippen LogP contribution in [0.15, 0.2) is 18.6 Å². The van der Waals surface area contributed by atoms with Crippen molar-refractivity contribution in [1.82, 2.24) is 19.7 Å². The van der Waals surface area contributed by atoms with E-state index < -0.39 is 0 Å². The predicted molar refractivity (Wildman–Crippen MR) is 58.2 cm³/mol. The van der Waals surface area contributed by atoms with Gasteiger partial charge in [-0.25, -0.2) is 9.97 Å². The minimum Gasteiger partial charge on any atom is -0.316 e. The summed E-state index contributed by atoms with van der Waals surface area (Å²) in [6, 6.07) is 0. The molecule has 4 nitrogen and oxygen atoms in total. The van der Waals surface area contributed by atoms with Gasteiger partial charge in [0.15, 0.2) is 5.15 Å². The van der Waals surface area contributed by atoms with Crippen molar-refractivity contribution in [2.24, 2.45) is 0 Å². The third kappa shape index (κ3) is 1.41. The van der Waals surface area contributed by atoms with E-state index in [1.165, 1.54) is 0 Å². The fourth-order valence-electron chi connectivity index (χ4n) is 2.09. The zero-order valence-electron chi connectivity index (χ0n) is 8.15. The summed E-state index contributed by atoms with van der Waals surface area (Å²) < 4.78 is 2.03. The van der Waals surface area contributed by atoms with Gasteiger partial charge in [-0.2, -0.15) is 0 Å². The van der Waals surface area contributed by atoms with E-state index in [0.717, 1.165) is 30.9 Å². The summed E-state index contributed by atoms with van der Waals surface area (Å²) in [4.78, 5) is 8.47. The molecule has 78 valence electrons. The molecule has 0 aliphatic carbocycles. The maximum absolute atomic E-state index is 5.99. The average molecular weight is 223 g/mol. The van der Waals surface area contributed by atoms with Crippen LogP contribution in [0.1, 0.15) is 18.2 Å². The Kier molecular flexibility index (Phi) is 2.11. The fraction of sp³-hybridized carbons (Fsp3) is 0.400. The zero-order chi connectivity index (χ0) is 10.3. The number of fused-ring (bicyclic) bond motifs is 1. The highest BCUT2D eigenvalue weighted by Gasteiger charge is 2.21. The number of rotatable bonds is 1. The quantitative estimate of drug-likeness (QED) is 0.795. The van der Waals surface area contributed by atoms with Crippen molar-refractivity contribution in [3.05, 3.63) is 29.6 Å². The zero-order valence-corrected chi connectivity index (χ0v) is 8.91. The lowest BCUT2D eigenvalue weighted by Crippen LogP contribution is -2.10. The minimum atomic E-state index is 0.492. The van der Waals surface area contributed by atoms with Crippen LogP contribution in [0.5, 0.6) is 0 Å². The van der Waals surface area contributed by atoms with Crippen LogP contribution in [0.4, 0.5) is 0 Å². The van der Waals surface area contributed by atoms with Crippen LogP contribution in [0.25, 0.3) is 5.52 Å². The van der Waals surface area contributed by atoms with Gasteiger partial charge in [0.25, 0.3) is 0 Å². The van der Waals surface area contributed by atoms with Crippen molar-refractivity contribution in [3.8, 4) is 0 Å². The molecule has 3 heterocycles. The van der Waals surface area contributed by atoms with Gasteiger partial charge in [0, 0.05) is 24.9 Å². The van der Waals surface area contributed by atoms with E-state index in [0.29, 0.717) is 11.1 Å². The SMILES string of the molecule is Clc1nccn2c([C@@H]3CCNC3)ncc12. The molecule has 0 unspecified atom stereocenters. The Bertz CT molecular complexity index is 487. The van der Waals surface area contributed by atoms with Crippen LogP contribution in [0, 0.1) is 0 Å². The number of imidazole rings is 1. The van der Waals surface area contributed by atoms with E-state index in [4.69, 9.17) is 11.6 Å². The molecule has 1 aliphatic heterocycles. The largest absolute Gasteiger partial charge is 0.316 e. The average Bonchev–Trinajstić information content (AvgIpc) is 2.85. The van der Waals surface area contributed by atoms with E-state index in [-0.39, 0.29) is 0 Å². The van der Waals surface area contributed by atoms with Crippen molar-refractivity contribution < 1.29 is 0 Å². The van der Waals surface area contributed by atoms with Gasteiger partial charge >= 0.3 is 0 Å². The molecule has 5 heteroatoms. The molecule has 0 amide bonds. The Balaban J connectivity index is 2.15. The summed E-state index contributed by atoms with van der Waals surface area (Å²) >= 11 is 5.99. The third-order valence-corrected chi connectivity index (χ3v) is 3.16. The first-order chi connectivity index (χ1) is 7.36. The Hall–Kier alpha value is -1.13. The summed E-state index contributed by atoms with van der Waals surface area (Å²) in [7, 11) is 0. The van der Waals surface area contributed by atoms with E-state index in [9.17, 15) is 0 Å².